The van der Waals surface area contributed by atoms with E-state index in [1.54, 1.807) is 0 Å². The molecule has 0 unspecified atom stereocenters. The summed E-state index contributed by atoms with van der Waals surface area (Å²) >= 11 is 0. The fourth-order valence-electron chi connectivity index (χ4n) is 2.95. The summed E-state index contributed by atoms with van der Waals surface area (Å²) in [5.41, 5.74) is 2.79. The number of hydrogen-bond acceptors (Lipinski definition) is 6. The van der Waals surface area contributed by atoms with Crippen LogP contribution in [0.25, 0.3) is 5.57 Å². The number of carbonyl (C=O) groups is 1. The van der Waals surface area contributed by atoms with Gasteiger partial charge in [-0.15, -0.1) is 0 Å². The molecule has 1 saturated heterocycles. The maximum atomic E-state index is 12.1. The van der Waals surface area contributed by atoms with Crippen molar-refractivity contribution in [3.63, 3.8) is 0 Å². The zero-order valence-corrected chi connectivity index (χ0v) is 16.1. The van der Waals surface area contributed by atoms with Gasteiger partial charge in [0.1, 0.15) is 17.9 Å². The predicted molar refractivity (Wildman–Crippen MR) is 103 cm³/mol. The van der Waals surface area contributed by atoms with Gasteiger partial charge < -0.3 is 23.7 Å². The van der Waals surface area contributed by atoms with Crippen molar-refractivity contribution < 1.29 is 28.5 Å². The molecule has 1 heterocycles. The Hall–Kier alpha value is -2.83. The number of benzene rings is 2. The molecule has 0 N–H and O–H groups in total. The zero-order chi connectivity index (χ0) is 19.8. The minimum Gasteiger partial charge on any atom is -0.503 e. The monoisotopic (exact) mass is 384 g/mol. The van der Waals surface area contributed by atoms with Crippen molar-refractivity contribution in [3.8, 4) is 5.75 Å². The molecule has 3 rings (SSSR count). The third kappa shape index (κ3) is 4.91. The molecule has 2 aromatic rings. The van der Waals surface area contributed by atoms with Crippen LogP contribution < -0.4 is 4.74 Å². The molecule has 0 amide bonds. The summed E-state index contributed by atoms with van der Waals surface area (Å²) in [6.07, 6.45) is 1.92. The van der Waals surface area contributed by atoms with Crippen LogP contribution in [-0.2, 0) is 30.3 Å². The third-order valence-electron chi connectivity index (χ3n) is 4.30. The van der Waals surface area contributed by atoms with E-state index in [2.05, 4.69) is 0 Å². The van der Waals surface area contributed by atoms with Crippen LogP contribution in [0, 0.1) is 0 Å². The van der Waals surface area contributed by atoms with Gasteiger partial charge in [0, 0.05) is 5.56 Å². The quantitative estimate of drug-likeness (QED) is 0.410. The predicted octanol–water partition coefficient (Wildman–Crippen LogP) is 3.86. The SMILES string of the molecule is CO/C=C(/C(=O)OC)c1ccccc1COc1cccc(C2OCCCO2)c1. The summed E-state index contributed by atoms with van der Waals surface area (Å²) < 4.78 is 27.2. The lowest BCUT2D eigenvalue weighted by molar-refractivity contribution is -0.183. The molecule has 6 heteroatoms. The first-order valence-electron chi connectivity index (χ1n) is 9.08. The molecule has 1 aliphatic rings. The normalized spacial score (nSPS) is 15.1. The highest BCUT2D eigenvalue weighted by atomic mass is 16.7. The minimum atomic E-state index is -0.470. The van der Waals surface area contributed by atoms with Gasteiger partial charge in [0.05, 0.1) is 33.7 Å². The molecule has 1 fully saturated rings. The van der Waals surface area contributed by atoms with Crippen LogP contribution in [0.5, 0.6) is 5.75 Å². The standard InChI is InChI=1S/C22H24O6/c1-24-15-20(21(23)25-2)19-10-4-3-7-17(19)14-28-18-9-5-8-16(13-18)22-26-11-6-12-27-22/h3-5,7-10,13,15,22H,6,11-12,14H2,1-2H3/b20-15+. The van der Waals surface area contributed by atoms with Gasteiger partial charge in [0.25, 0.3) is 0 Å². The van der Waals surface area contributed by atoms with Crippen molar-refractivity contribution in [2.75, 3.05) is 27.4 Å². The Bertz CT molecular complexity index is 823. The first-order valence-corrected chi connectivity index (χ1v) is 9.08. The van der Waals surface area contributed by atoms with Crippen LogP contribution in [0.15, 0.2) is 54.8 Å². The molecular formula is C22H24O6. The van der Waals surface area contributed by atoms with Gasteiger partial charge in [-0.25, -0.2) is 4.79 Å². The van der Waals surface area contributed by atoms with Crippen molar-refractivity contribution in [1.82, 2.24) is 0 Å². The second-order valence-corrected chi connectivity index (χ2v) is 6.20. The lowest BCUT2D eigenvalue weighted by atomic mass is 10.0. The molecule has 0 bridgehead atoms. The van der Waals surface area contributed by atoms with Crippen molar-refractivity contribution in [2.45, 2.75) is 19.3 Å². The number of carbonyl (C=O) groups excluding carboxylic acids is 1. The molecule has 0 spiro atoms. The number of methoxy groups -OCH3 is 2. The van der Waals surface area contributed by atoms with Crippen LogP contribution in [-0.4, -0.2) is 33.4 Å². The molecule has 1 aliphatic heterocycles. The van der Waals surface area contributed by atoms with Crippen molar-refractivity contribution in [3.05, 3.63) is 71.5 Å². The molecule has 0 aliphatic carbocycles. The van der Waals surface area contributed by atoms with Crippen molar-refractivity contribution in [2.24, 2.45) is 0 Å². The summed E-state index contributed by atoms with van der Waals surface area (Å²) in [6, 6.07) is 15.1. The van der Waals surface area contributed by atoms with Crippen LogP contribution in [0.2, 0.25) is 0 Å². The summed E-state index contributed by atoms with van der Waals surface area (Å²) in [5.74, 6) is 0.225. The highest BCUT2D eigenvalue weighted by molar-refractivity contribution is 6.16. The largest absolute Gasteiger partial charge is 0.503 e. The maximum absolute atomic E-state index is 12.1. The molecule has 148 valence electrons. The minimum absolute atomic E-state index is 0.282. The molecular weight excluding hydrogens is 360 g/mol. The van der Waals surface area contributed by atoms with E-state index in [1.165, 1.54) is 20.5 Å². The molecule has 2 aromatic carbocycles. The van der Waals surface area contributed by atoms with Gasteiger partial charge in [-0.1, -0.05) is 36.4 Å². The Balaban J connectivity index is 1.76. The molecule has 0 aromatic heterocycles. The van der Waals surface area contributed by atoms with Crippen LogP contribution >= 0.6 is 0 Å². The maximum Gasteiger partial charge on any atom is 0.341 e. The van der Waals surface area contributed by atoms with Crippen LogP contribution in [0.4, 0.5) is 0 Å². The number of ether oxygens (including phenoxy) is 5. The van der Waals surface area contributed by atoms with Gasteiger partial charge in [-0.05, 0) is 29.7 Å². The Morgan fingerprint density at radius 3 is 2.64 bits per heavy atom. The Morgan fingerprint density at radius 2 is 1.89 bits per heavy atom. The topological polar surface area (TPSA) is 63.2 Å². The summed E-state index contributed by atoms with van der Waals surface area (Å²) in [6.45, 7) is 1.65. The van der Waals surface area contributed by atoms with Gasteiger partial charge in [-0.3, -0.25) is 0 Å². The van der Waals surface area contributed by atoms with E-state index >= 15 is 0 Å². The van der Waals surface area contributed by atoms with E-state index in [9.17, 15) is 4.79 Å². The molecule has 0 saturated carbocycles. The average Bonchev–Trinajstić information content (AvgIpc) is 2.76. The van der Waals surface area contributed by atoms with E-state index in [4.69, 9.17) is 23.7 Å². The molecule has 0 radical (unpaired) electrons. The van der Waals surface area contributed by atoms with Gasteiger partial charge in [-0.2, -0.15) is 0 Å². The van der Waals surface area contributed by atoms with Crippen LogP contribution in [0.3, 0.4) is 0 Å². The second-order valence-electron chi connectivity index (χ2n) is 6.20. The van der Waals surface area contributed by atoms with Crippen LogP contribution in [0.1, 0.15) is 29.4 Å². The second kappa shape index (κ2) is 9.92. The zero-order valence-electron chi connectivity index (χ0n) is 16.1. The number of hydrogen-bond donors (Lipinski definition) is 0. The first kappa shape index (κ1) is 19.9. The number of rotatable bonds is 7. The van der Waals surface area contributed by atoms with E-state index in [1.807, 2.05) is 48.5 Å². The van der Waals surface area contributed by atoms with Gasteiger partial charge in [0.2, 0.25) is 0 Å². The molecule has 6 nitrogen and oxygen atoms in total. The summed E-state index contributed by atoms with van der Waals surface area (Å²) in [5, 5.41) is 0. The molecule has 28 heavy (non-hydrogen) atoms. The average molecular weight is 384 g/mol. The lowest BCUT2D eigenvalue weighted by Crippen LogP contribution is -2.17. The third-order valence-corrected chi connectivity index (χ3v) is 4.30. The van der Waals surface area contributed by atoms with Crippen molar-refractivity contribution in [1.29, 1.82) is 0 Å². The van der Waals surface area contributed by atoms with E-state index in [0.717, 1.165) is 17.5 Å². The fraction of sp³-hybridized carbons (Fsp3) is 0.318. The molecule has 0 atom stereocenters. The van der Waals surface area contributed by atoms with E-state index in [-0.39, 0.29) is 12.9 Å². The first-order chi connectivity index (χ1) is 13.7. The highest BCUT2D eigenvalue weighted by Crippen LogP contribution is 2.27. The fourth-order valence-corrected chi connectivity index (χ4v) is 2.95. The Kier molecular flexibility index (Phi) is 7.06. The van der Waals surface area contributed by atoms with E-state index < -0.39 is 5.97 Å². The van der Waals surface area contributed by atoms with Crippen molar-refractivity contribution >= 4 is 11.5 Å². The summed E-state index contributed by atoms with van der Waals surface area (Å²) in [4.78, 5) is 12.1. The Labute approximate surface area is 164 Å². The lowest BCUT2D eigenvalue weighted by Gasteiger charge is -2.23. The summed E-state index contributed by atoms with van der Waals surface area (Å²) in [7, 11) is 2.83. The Morgan fingerprint density at radius 1 is 1.11 bits per heavy atom. The smallest absolute Gasteiger partial charge is 0.341 e. The highest BCUT2D eigenvalue weighted by Gasteiger charge is 2.18. The van der Waals surface area contributed by atoms with Gasteiger partial charge in [0.15, 0.2) is 6.29 Å². The van der Waals surface area contributed by atoms with E-state index in [0.29, 0.717) is 30.1 Å². The van der Waals surface area contributed by atoms with Gasteiger partial charge >= 0.3 is 5.97 Å². The number of esters is 1.